The fraction of sp³-hybridized carbons (Fsp3) is 0.353. The second-order valence-corrected chi connectivity index (χ2v) is 7.94. The van der Waals surface area contributed by atoms with Gasteiger partial charge in [0.2, 0.25) is 0 Å². The van der Waals surface area contributed by atoms with Crippen molar-refractivity contribution in [2.24, 2.45) is 5.92 Å². The summed E-state index contributed by atoms with van der Waals surface area (Å²) in [5.41, 5.74) is -0.916. The van der Waals surface area contributed by atoms with Crippen molar-refractivity contribution in [1.29, 1.82) is 0 Å². The molecule has 0 atom stereocenters. The number of sulfonamides is 1. The van der Waals surface area contributed by atoms with Gasteiger partial charge in [0.15, 0.2) is 0 Å². The molecule has 0 radical (unpaired) electrons. The zero-order valence-electron chi connectivity index (χ0n) is 14.0. The number of alkyl halides is 3. The normalized spacial score (nSPS) is 15.0. The summed E-state index contributed by atoms with van der Waals surface area (Å²) in [6.07, 6.45) is -1.26. The van der Waals surface area contributed by atoms with Crippen molar-refractivity contribution >= 4 is 15.8 Å². The minimum atomic E-state index is -5.00. The molecule has 0 aliphatic heterocycles. The molecule has 3 rings (SSSR count). The lowest BCUT2D eigenvalue weighted by atomic mass is 10.2. The summed E-state index contributed by atoms with van der Waals surface area (Å²) < 4.78 is 83.7. The van der Waals surface area contributed by atoms with Crippen LogP contribution in [0.2, 0.25) is 0 Å². The van der Waals surface area contributed by atoms with Gasteiger partial charge in [0.25, 0.3) is 10.0 Å². The Morgan fingerprint density at radius 3 is 2.52 bits per heavy atom. The Balaban J connectivity index is 1.70. The Labute approximate surface area is 153 Å². The van der Waals surface area contributed by atoms with Gasteiger partial charge in [-0.05, 0) is 48.6 Å². The standard InChI is InChI=1S/C17H16F4N2O3S/c18-15-5-4-13(7-14(15)17(19,20)21)27(24,25)23-16-6-3-12(8-22-16)10-26-9-11-1-2-11/h3-8,11H,1-2,9-10H2,(H,22,23). The maximum absolute atomic E-state index is 13.3. The Morgan fingerprint density at radius 2 is 1.93 bits per heavy atom. The maximum atomic E-state index is 13.3. The highest BCUT2D eigenvalue weighted by molar-refractivity contribution is 7.92. The quantitative estimate of drug-likeness (QED) is 0.709. The number of anilines is 1. The van der Waals surface area contributed by atoms with Gasteiger partial charge in [0, 0.05) is 12.8 Å². The van der Waals surface area contributed by atoms with Gasteiger partial charge in [-0.25, -0.2) is 17.8 Å². The fourth-order valence-electron chi connectivity index (χ4n) is 2.28. The highest BCUT2D eigenvalue weighted by Gasteiger charge is 2.35. The van der Waals surface area contributed by atoms with Crippen LogP contribution in [0, 0.1) is 11.7 Å². The first kappa shape index (κ1) is 19.6. The van der Waals surface area contributed by atoms with Crippen molar-refractivity contribution in [2.45, 2.75) is 30.5 Å². The van der Waals surface area contributed by atoms with Gasteiger partial charge in [-0.3, -0.25) is 4.72 Å². The summed E-state index contributed by atoms with van der Waals surface area (Å²) in [6, 6.07) is 4.45. The van der Waals surface area contributed by atoms with E-state index in [9.17, 15) is 26.0 Å². The molecule has 0 spiro atoms. The highest BCUT2D eigenvalue weighted by atomic mass is 32.2. The number of pyridine rings is 1. The van der Waals surface area contributed by atoms with Gasteiger partial charge in [0.1, 0.15) is 11.6 Å². The van der Waals surface area contributed by atoms with E-state index in [0.29, 0.717) is 25.2 Å². The maximum Gasteiger partial charge on any atom is 0.419 e. The summed E-state index contributed by atoms with van der Waals surface area (Å²) in [7, 11) is -4.36. The van der Waals surface area contributed by atoms with Crippen molar-refractivity contribution in [3.63, 3.8) is 0 Å². The minimum absolute atomic E-state index is 0.0705. The van der Waals surface area contributed by atoms with Crippen molar-refractivity contribution < 1.29 is 30.7 Å². The Hall–Kier alpha value is -2.20. The van der Waals surface area contributed by atoms with E-state index in [1.54, 1.807) is 6.07 Å². The summed E-state index contributed by atoms with van der Waals surface area (Å²) in [5, 5.41) is 0. The number of ether oxygens (including phenoxy) is 1. The van der Waals surface area contributed by atoms with E-state index < -0.39 is 32.5 Å². The molecule has 1 aliphatic carbocycles. The van der Waals surface area contributed by atoms with Crippen molar-refractivity contribution in [3.05, 3.63) is 53.5 Å². The molecule has 1 aliphatic rings. The lowest BCUT2D eigenvalue weighted by Crippen LogP contribution is -2.16. The molecule has 1 aromatic heterocycles. The molecule has 5 nitrogen and oxygen atoms in total. The van der Waals surface area contributed by atoms with E-state index in [1.165, 1.54) is 25.1 Å². The molecule has 1 fully saturated rings. The molecule has 0 saturated heterocycles. The molecular formula is C17H16F4N2O3S. The van der Waals surface area contributed by atoms with E-state index in [1.807, 2.05) is 0 Å². The van der Waals surface area contributed by atoms with Crippen molar-refractivity contribution in [1.82, 2.24) is 4.98 Å². The first-order valence-electron chi connectivity index (χ1n) is 8.07. The lowest BCUT2D eigenvalue weighted by Gasteiger charge is -2.12. The third-order valence-electron chi connectivity index (χ3n) is 3.94. The molecule has 27 heavy (non-hydrogen) atoms. The zero-order valence-corrected chi connectivity index (χ0v) is 14.8. The number of aromatic nitrogens is 1. The van der Waals surface area contributed by atoms with E-state index in [4.69, 9.17) is 4.74 Å². The Bertz CT molecular complexity index is 911. The molecule has 0 amide bonds. The highest BCUT2D eigenvalue weighted by Crippen LogP contribution is 2.33. The third-order valence-corrected chi connectivity index (χ3v) is 5.29. The van der Waals surface area contributed by atoms with Crippen LogP contribution < -0.4 is 4.72 Å². The molecule has 1 N–H and O–H groups in total. The number of rotatable bonds is 7. The molecule has 1 heterocycles. The minimum Gasteiger partial charge on any atom is -0.376 e. The van der Waals surface area contributed by atoms with Crippen molar-refractivity contribution in [3.8, 4) is 0 Å². The number of hydrogen-bond donors (Lipinski definition) is 1. The molecular weight excluding hydrogens is 388 g/mol. The van der Waals surface area contributed by atoms with Crippen LogP contribution in [0.3, 0.4) is 0 Å². The molecule has 0 unspecified atom stereocenters. The van der Waals surface area contributed by atoms with Crippen LogP contribution in [0.25, 0.3) is 0 Å². The van der Waals surface area contributed by atoms with Crippen LogP contribution >= 0.6 is 0 Å². The van der Waals surface area contributed by atoms with Crippen molar-refractivity contribution in [2.75, 3.05) is 11.3 Å². The molecule has 10 heteroatoms. The molecule has 146 valence electrons. The Kier molecular flexibility index (Phi) is 5.38. The van der Waals surface area contributed by atoms with Crippen LogP contribution in [-0.2, 0) is 27.5 Å². The van der Waals surface area contributed by atoms with Gasteiger partial charge in [-0.15, -0.1) is 0 Å². The van der Waals surface area contributed by atoms with E-state index in [2.05, 4.69) is 9.71 Å². The summed E-state index contributed by atoms with van der Waals surface area (Å²) >= 11 is 0. The van der Waals surface area contributed by atoms with Crippen LogP contribution in [0.5, 0.6) is 0 Å². The van der Waals surface area contributed by atoms with Gasteiger partial charge >= 0.3 is 6.18 Å². The van der Waals surface area contributed by atoms with Crippen LogP contribution in [-0.4, -0.2) is 20.0 Å². The monoisotopic (exact) mass is 404 g/mol. The number of nitrogens with one attached hydrogen (secondary N) is 1. The van der Waals surface area contributed by atoms with Crippen LogP contribution in [0.4, 0.5) is 23.4 Å². The summed E-state index contributed by atoms with van der Waals surface area (Å²) in [6.45, 7) is 1.00. The number of halogens is 4. The van der Waals surface area contributed by atoms with Gasteiger partial charge < -0.3 is 4.74 Å². The lowest BCUT2D eigenvalue weighted by molar-refractivity contribution is -0.140. The number of hydrogen-bond acceptors (Lipinski definition) is 4. The SMILES string of the molecule is O=S(=O)(Nc1ccc(COCC2CC2)cn1)c1ccc(F)c(C(F)(F)F)c1. The summed E-state index contributed by atoms with van der Waals surface area (Å²) in [4.78, 5) is 3.21. The predicted octanol–water partition coefficient (Wildman–Crippen LogP) is 3.97. The molecule has 0 bridgehead atoms. The topological polar surface area (TPSA) is 68.3 Å². The average molecular weight is 404 g/mol. The number of benzene rings is 1. The van der Waals surface area contributed by atoms with E-state index in [0.717, 1.165) is 11.6 Å². The zero-order chi connectivity index (χ0) is 19.7. The fourth-order valence-corrected chi connectivity index (χ4v) is 3.32. The van der Waals surface area contributed by atoms with Gasteiger partial charge in [-0.1, -0.05) is 6.07 Å². The van der Waals surface area contributed by atoms with Crippen LogP contribution in [0.1, 0.15) is 24.0 Å². The first-order valence-corrected chi connectivity index (χ1v) is 9.56. The second kappa shape index (κ2) is 7.43. The van der Waals surface area contributed by atoms with E-state index >= 15 is 0 Å². The first-order chi connectivity index (χ1) is 12.6. The Morgan fingerprint density at radius 1 is 1.19 bits per heavy atom. The molecule has 1 aromatic carbocycles. The van der Waals surface area contributed by atoms with Crippen LogP contribution in [0.15, 0.2) is 41.4 Å². The second-order valence-electron chi connectivity index (χ2n) is 6.26. The average Bonchev–Trinajstić information content (AvgIpc) is 3.39. The molecule has 2 aromatic rings. The number of nitrogens with zero attached hydrogens (tertiary/aromatic N) is 1. The predicted molar refractivity (Wildman–Crippen MR) is 88.8 cm³/mol. The van der Waals surface area contributed by atoms with Gasteiger partial charge in [-0.2, -0.15) is 13.2 Å². The largest absolute Gasteiger partial charge is 0.419 e. The summed E-state index contributed by atoms with van der Waals surface area (Å²) in [5.74, 6) is -1.00. The molecule has 1 saturated carbocycles. The smallest absolute Gasteiger partial charge is 0.376 e. The van der Waals surface area contributed by atoms with E-state index in [-0.39, 0.29) is 11.9 Å². The third kappa shape index (κ3) is 5.16. The van der Waals surface area contributed by atoms with Gasteiger partial charge in [0.05, 0.1) is 17.1 Å².